The zero-order valence-electron chi connectivity index (χ0n) is 11.0. The Bertz CT molecular complexity index is 625. The lowest BCUT2D eigenvalue weighted by Crippen LogP contribution is -2.02. The second-order valence-electron chi connectivity index (χ2n) is 4.54. The van der Waals surface area contributed by atoms with E-state index in [0.717, 1.165) is 5.56 Å². The fraction of sp³-hybridized carbons (Fsp3) is 0.286. The first kappa shape index (κ1) is 14.6. The third-order valence-electron chi connectivity index (χ3n) is 3.18. The van der Waals surface area contributed by atoms with E-state index >= 15 is 0 Å². The zero-order chi connectivity index (χ0) is 14.7. The molecule has 0 aliphatic carbocycles. The number of nitrogens with zero attached hydrogens (tertiary/aromatic N) is 2. The number of nitro benzene ring substituents is 1. The summed E-state index contributed by atoms with van der Waals surface area (Å²) in [4.78, 5) is 10.6. The van der Waals surface area contributed by atoms with Crippen LogP contribution in [0.4, 0.5) is 5.69 Å². The number of hydrogen-bond donors (Lipinski definition) is 1. The molecule has 0 amide bonds. The maximum atomic E-state index is 11.0. The number of aromatic nitrogens is 1. The van der Waals surface area contributed by atoms with Gasteiger partial charge in [-0.15, -0.1) is 0 Å². The molecule has 1 aromatic carbocycles. The van der Waals surface area contributed by atoms with Crippen LogP contribution in [-0.2, 0) is 6.54 Å². The number of aliphatic hydroxyl groups excluding tert-OH is 1. The van der Waals surface area contributed by atoms with Crippen molar-refractivity contribution in [1.29, 1.82) is 0 Å². The summed E-state index contributed by atoms with van der Waals surface area (Å²) >= 11 is 6.05. The number of aliphatic hydroxyl groups is 1. The molecule has 0 aliphatic heterocycles. The van der Waals surface area contributed by atoms with Crippen LogP contribution in [0.1, 0.15) is 30.6 Å². The highest BCUT2D eigenvalue weighted by atomic mass is 35.5. The van der Waals surface area contributed by atoms with Crippen molar-refractivity contribution in [2.24, 2.45) is 0 Å². The first-order valence-corrected chi connectivity index (χ1v) is 6.66. The van der Waals surface area contributed by atoms with E-state index < -0.39 is 11.0 Å². The predicted octanol–water partition coefficient (Wildman–Crippen LogP) is 3.54. The molecule has 5 nitrogen and oxygen atoms in total. The summed E-state index contributed by atoms with van der Waals surface area (Å²) < 4.78 is 1.78. The van der Waals surface area contributed by atoms with Gasteiger partial charge in [0.25, 0.3) is 5.69 Å². The van der Waals surface area contributed by atoms with Gasteiger partial charge in [-0.3, -0.25) is 10.1 Å². The molecule has 0 spiro atoms. The minimum atomic E-state index is -0.516. The molecule has 1 atom stereocenters. The first-order valence-electron chi connectivity index (χ1n) is 6.28. The van der Waals surface area contributed by atoms with E-state index in [0.29, 0.717) is 23.6 Å². The maximum Gasteiger partial charge on any atom is 0.275 e. The second kappa shape index (κ2) is 6.07. The largest absolute Gasteiger partial charge is 0.388 e. The zero-order valence-corrected chi connectivity index (χ0v) is 11.7. The molecule has 20 heavy (non-hydrogen) atoms. The minimum Gasteiger partial charge on any atom is -0.388 e. The van der Waals surface area contributed by atoms with Gasteiger partial charge in [0.1, 0.15) is 0 Å². The molecule has 0 saturated heterocycles. The summed E-state index contributed by atoms with van der Waals surface area (Å²) in [7, 11) is 0. The molecular formula is C14H15ClN2O3. The van der Waals surface area contributed by atoms with E-state index in [1.54, 1.807) is 35.2 Å². The number of hydrogen-bond acceptors (Lipinski definition) is 3. The lowest BCUT2D eigenvalue weighted by atomic mass is 10.1. The Kier molecular flexibility index (Phi) is 4.42. The summed E-state index contributed by atoms with van der Waals surface area (Å²) in [5, 5.41) is 21.1. The molecule has 1 N–H and O–H groups in total. The Morgan fingerprint density at radius 1 is 1.45 bits per heavy atom. The van der Waals surface area contributed by atoms with Crippen LogP contribution in [0, 0.1) is 10.1 Å². The third-order valence-corrected chi connectivity index (χ3v) is 3.53. The molecule has 6 heteroatoms. The average molecular weight is 295 g/mol. The number of nitro groups is 1. The minimum absolute atomic E-state index is 0.00351. The highest BCUT2D eigenvalue weighted by Crippen LogP contribution is 2.27. The fourth-order valence-corrected chi connectivity index (χ4v) is 2.28. The lowest BCUT2D eigenvalue weighted by Gasteiger charge is -2.07. The van der Waals surface area contributed by atoms with Crippen molar-refractivity contribution in [3.8, 4) is 0 Å². The van der Waals surface area contributed by atoms with Gasteiger partial charge >= 0.3 is 0 Å². The Morgan fingerprint density at radius 2 is 2.20 bits per heavy atom. The van der Waals surface area contributed by atoms with Gasteiger partial charge in [-0.25, -0.2) is 0 Å². The third kappa shape index (κ3) is 3.00. The molecule has 2 rings (SSSR count). The summed E-state index contributed by atoms with van der Waals surface area (Å²) in [5.41, 5.74) is 1.26. The Balaban J connectivity index is 2.30. The van der Waals surface area contributed by atoms with Crippen LogP contribution in [0.5, 0.6) is 0 Å². The van der Waals surface area contributed by atoms with E-state index in [-0.39, 0.29) is 5.69 Å². The molecule has 0 fully saturated rings. The van der Waals surface area contributed by atoms with Crippen molar-refractivity contribution in [2.75, 3.05) is 0 Å². The van der Waals surface area contributed by atoms with Gasteiger partial charge < -0.3 is 9.67 Å². The topological polar surface area (TPSA) is 68.3 Å². The monoisotopic (exact) mass is 294 g/mol. The summed E-state index contributed by atoms with van der Waals surface area (Å²) in [6, 6.07) is 6.43. The molecule has 2 aromatic rings. The molecule has 1 aromatic heterocycles. The van der Waals surface area contributed by atoms with E-state index in [1.807, 2.05) is 6.92 Å². The standard InChI is InChI=1S/C14H15ClN2O3/c1-2-14(18)10-6-7-16(8-10)9-11-12(15)4-3-5-13(11)17(19)20/h3-8,14,18H,2,9H2,1H3. The average Bonchev–Trinajstić information content (AvgIpc) is 2.88. The van der Waals surface area contributed by atoms with Crippen LogP contribution in [0.3, 0.4) is 0 Å². The van der Waals surface area contributed by atoms with Gasteiger partial charge in [-0.2, -0.15) is 0 Å². The van der Waals surface area contributed by atoms with Gasteiger partial charge in [0.2, 0.25) is 0 Å². The highest BCUT2D eigenvalue weighted by molar-refractivity contribution is 6.31. The van der Waals surface area contributed by atoms with Crippen LogP contribution in [0.2, 0.25) is 5.02 Å². The molecule has 0 saturated carbocycles. The smallest absolute Gasteiger partial charge is 0.275 e. The van der Waals surface area contributed by atoms with E-state index in [2.05, 4.69) is 0 Å². The van der Waals surface area contributed by atoms with E-state index in [1.165, 1.54) is 6.07 Å². The molecular weight excluding hydrogens is 280 g/mol. The van der Waals surface area contributed by atoms with Gasteiger partial charge in [-0.05, 0) is 24.1 Å². The molecule has 0 aliphatic rings. The quantitative estimate of drug-likeness (QED) is 0.677. The van der Waals surface area contributed by atoms with Crippen molar-refractivity contribution in [2.45, 2.75) is 26.0 Å². The van der Waals surface area contributed by atoms with Crippen LogP contribution >= 0.6 is 11.6 Å². The van der Waals surface area contributed by atoms with Crippen LogP contribution in [0.15, 0.2) is 36.7 Å². The van der Waals surface area contributed by atoms with Crippen LogP contribution in [-0.4, -0.2) is 14.6 Å². The molecule has 0 radical (unpaired) electrons. The summed E-state index contributed by atoms with van der Waals surface area (Å²) in [6.45, 7) is 2.19. The normalized spacial score (nSPS) is 12.3. The first-order chi connectivity index (χ1) is 9.52. The number of rotatable bonds is 5. The van der Waals surface area contributed by atoms with Gasteiger partial charge in [-0.1, -0.05) is 24.6 Å². The Hall–Kier alpha value is -1.85. The fourth-order valence-electron chi connectivity index (χ4n) is 2.05. The predicted molar refractivity (Wildman–Crippen MR) is 76.9 cm³/mol. The Morgan fingerprint density at radius 3 is 2.85 bits per heavy atom. The van der Waals surface area contributed by atoms with Crippen molar-refractivity contribution < 1.29 is 10.0 Å². The molecule has 1 heterocycles. The lowest BCUT2D eigenvalue weighted by molar-refractivity contribution is -0.385. The van der Waals surface area contributed by atoms with Gasteiger partial charge in [0.15, 0.2) is 0 Å². The summed E-state index contributed by atoms with van der Waals surface area (Å²) in [5.74, 6) is 0. The van der Waals surface area contributed by atoms with E-state index in [4.69, 9.17) is 11.6 Å². The SMILES string of the molecule is CCC(O)c1ccn(Cc2c(Cl)cccc2[N+](=O)[O-])c1. The second-order valence-corrected chi connectivity index (χ2v) is 4.94. The molecule has 1 unspecified atom stereocenters. The summed E-state index contributed by atoms with van der Waals surface area (Å²) in [6.07, 6.45) is 3.66. The van der Waals surface area contributed by atoms with Crippen molar-refractivity contribution in [3.63, 3.8) is 0 Å². The van der Waals surface area contributed by atoms with Gasteiger partial charge in [0.05, 0.1) is 28.2 Å². The number of halogens is 1. The van der Waals surface area contributed by atoms with Crippen molar-refractivity contribution in [1.82, 2.24) is 4.57 Å². The maximum absolute atomic E-state index is 11.0. The highest BCUT2D eigenvalue weighted by Gasteiger charge is 2.17. The van der Waals surface area contributed by atoms with Crippen molar-refractivity contribution >= 4 is 17.3 Å². The van der Waals surface area contributed by atoms with Crippen LogP contribution < -0.4 is 0 Å². The molecule has 106 valence electrons. The number of benzene rings is 1. The van der Waals surface area contributed by atoms with Crippen molar-refractivity contribution in [3.05, 3.63) is 62.9 Å². The van der Waals surface area contributed by atoms with E-state index in [9.17, 15) is 15.2 Å². The van der Waals surface area contributed by atoms with Crippen LogP contribution in [0.25, 0.3) is 0 Å². The Labute approximate surface area is 121 Å². The molecule has 0 bridgehead atoms. The van der Waals surface area contributed by atoms with Gasteiger partial charge in [0, 0.05) is 18.5 Å².